The molecule has 0 atom stereocenters. The minimum absolute atomic E-state index is 1.04. The summed E-state index contributed by atoms with van der Waals surface area (Å²) < 4.78 is 1.66. The number of nitrogens with zero attached hydrogens (tertiary/aromatic N) is 2. The number of hydrogen-bond acceptors (Lipinski definition) is 0. The molecule has 0 saturated heterocycles. The van der Waals surface area contributed by atoms with E-state index in [9.17, 15) is 5.53 Å². The van der Waals surface area contributed by atoms with Crippen LogP contribution in [-0.4, -0.2) is 4.70 Å². The van der Waals surface area contributed by atoms with Crippen LogP contribution in [0.4, 0.5) is 0 Å². The molecular formula is C44H68N2. The van der Waals surface area contributed by atoms with Crippen LogP contribution in [0.2, 0.25) is 0 Å². The first kappa shape index (κ1) is 38.0. The van der Waals surface area contributed by atoms with Crippen LogP contribution < -0.4 is 0 Å². The van der Waals surface area contributed by atoms with Gasteiger partial charge in [-0.1, -0.05) is 118 Å². The molecule has 0 unspecified atom stereocenters. The zero-order chi connectivity index (χ0) is 33.1. The summed E-state index contributed by atoms with van der Waals surface area (Å²) in [6.07, 6.45) is 26.1. The van der Waals surface area contributed by atoms with Crippen LogP contribution in [0.15, 0.2) is 47.5 Å². The number of unbranched alkanes of at least 4 members (excludes halogenated alkanes) is 10. The molecule has 0 amide bonds. The summed E-state index contributed by atoms with van der Waals surface area (Å²) in [6.45, 7) is 13.8. The van der Waals surface area contributed by atoms with E-state index in [1.165, 1.54) is 147 Å². The van der Waals surface area contributed by atoms with Crippen molar-refractivity contribution >= 4 is 11.4 Å². The smallest absolute Gasteiger partial charge is 0.211 e. The third kappa shape index (κ3) is 11.3. The highest BCUT2D eigenvalue weighted by Crippen LogP contribution is 2.45. The first-order chi connectivity index (χ1) is 22.5. The van der Waals surface area contributed by atoms with Gasteiger partial charge in [-0.25, -0.2) is 4.70 Å². The van der Waals surface area contributed by atoms with Gasteiger partial charge in [0.25, 0.3) is 0 Å². The Kier molecular flexibility index (Phi) is 17.7. The normalized spacial score (nSPS) is 13.5. The van der Waals surface area contributed by atoms with Gasteiger partial charge >= 0.3 is 0 Å². The predicted molar refractivity (Wildman–Crippen MR) is 202 cm³/mol. The molecule has 0 radical (unpaired) electrons. The lowest BCUT2D eigenvalue weighted by Gasteiger charge is -2.15. The average Bonchev–Trinajstić information content (AvgIpc) is 3.33. The van der Waals surface area contributed by atoms with E-state index in [-0.39, 0.29) is 0 Å². The number of aryl methyl sites for hydroxylation is 4. The summed E-state index contributed by atoms with van der Waals surface area (Å²) in [6, 6.07) is 14.6. The zero-order valence-corrected chi connectivity index (χ0v) is 30.9. The Hall–Kier alpha value is -2.48. The van der Waals surface area contributed by atoms with Crippen LogP contribution in [0.25, 0.3) is 16.9 Å². The van der Waals surface area contributed by atoms with E-state index in [2.05, 4.69) is 77.9 Å². The molecule has 0 bridgehead atoms. The summed E-state index contributed by atoms with van der Waals surface area (Å²) in [7, 11) is 0. The molecule has 46 heavy (non-hydrogen) atoms. The number of benzene rings is 2. The van der Waals surface area contributed by atoms with Crippen molar-refractivity contribution in [1.82, 2.24) is 0 Å². The first-order valence-electron chi connectivity index (χ1n) is 19.7. The van der Waals surface area contributed by atoms with Crippen molar-refractivity contribution in [3.8, 4) is 0 Å². The van der Waals surface area contributed by atoms with Crippen molar-refractivity contribution in [1.29, 1.82) is 0 Å². The number of rotatable bonds is 24. The van der Waals surface area contributed by atoms with E-state index >= 15 is 0 Å². The van der Waals surface area contributed by atoms with Gasteiger partial charge in [0.1, 0.15) is 0 Å². The van der Waals surface area contributed by atoms with Crippen molar-refractivity contribution < 1.29 is 4.70 Å². The van der Waals surface area contributed by atoms with E-state index in [1.54, 1.807) is 4.70 Å². The second-order valence-corrected chi connectivity index (χ2v) is 14.1. The fourth-order valence-corrected chi connectivity index (χ4v) is 7.18. The van der Waals surface area contributed by atoms with Crippen LogP contribution in [0, 0.1) is 0 Å². The van der Waals surface area contributed by atoms with Crippen molar-refractivity contribution in [2.75, 3.05) is 0 Å². The lowest BCUT2D eigenvalue weighted by atomic mass is 9.89. The maximum atomic E-state index is 12.5. The van der Waals surface area contributed by atoms with E-state index in [0.717, 1.165) is 49.9 Å². The molecule has 1 heterocycles. The van der Waals surface area contributed by atoms with Crippen molar-refractivity contribution in [2.45, 2.75) is 183 Å². The minimum atomic E-state index is 1.04. The highest BCUT2D eigenvalue weighted by molar-refractivity contribution is 5.82. The Morgan fingerprint density at radius 3 is 0.957 bits per heavy atom. The summed E-state index contributed by atoms with van der Waals surface area (Å²) in [5.41, 5.74) is 25.6. The molecule has 1 aliphatic heterocycles. The van der Waals surface area contributed by atoms with Gasteiger partial charge in [-0.3, -0.25) is 0 Å². The van der Waals surface area contributed by atoms with Gasteiger partial charge in [0.2, 0.25) is 11.4 Å². The van der Waals surface area contributed by atoms with Crippen molar-refractivity contribution in [3.63, 3.8) is 0 Å². The second kappa shape index (κ2) is 21.4. The summed E-state index contributed by atoms with van der Waals surface area (Å²) in [5.74, 6) is 0. The fraction of sp³-hybridized carbons (Fsp3) is 0.636. The largest absolute Gasteiger partial charge is 0.493 e. The molecule has 0 aliphatic carbocycles. The van der Waals surface area contributed by atoms with E-state index in [0.29, 0.717) is 0 Å². The van der Waals surface area contributed by atoms with Crippen LogP contribution in [-0.2, 0) is 25.7 Å². The van der Waals surface area contributed by atoms with Crippen LogP contribution in [0.1, 0.15) is 190 Å². The van der Waals surface area contributed by atoms with E-state index < -0.39 is 0 Å². The molecule has 0 spiro atoms. The summed E-state index contributed by atoms with van der Waals surface area (Å²) in [5, 5.41) is 0. The topological polar surface area (TPSA) is 25.3 Å². The molecule has 0 aromatic heterocycles. The summed E-state index contributed by atoms with van der Waals surface area (Å²) >= 11 is 0. The van der Waals surface area contributed by atoms with Gasteiger partial charge in [0.05, 0.1) is 0 Å². The van der Waals surface area contributed by atoms with E-state index in [1.807, 2.05) is 0 Å². The van der Waals surface area contributed by atoms with Crippen molar-refractivity contribution in [2.24, 2.45) is 0 Å². The molecule has 1 aliphatic rings. The molecule has 2 heteroatoms. The Morgan fingerprint density at radius 1 is 0.370 bits per heavy atom. The van der Waals surface area contributed by atoms with E-state index in [4.69, 9.17) is 0 Å². The third-order valence-electron chi connectivity index (χ3n) is 9.85. The van der Waals surface area contributed by atoms with Gasteiger partial charge in [-0.2, -0.15) is 0 Å². The lowest BCUT2D eigenvalue weighted by Crippen LogP contribution is -2.05. The molecule has 254 valence electrons. The summed E-state index contributed by atoms with van der Waals surface area (Å²) in [4.78, 5) is 0. The monoisotopic (exact) mass is 625 g/mol. The molecule has 2 aromatic carbocycles. The fourth-order valence-electron chi connectivity index (χ4n) is 7.18. The van der Waals surface area contributed by atoms with Crippen LogP contribution in [0.3, 0.4) is 0 Å². The molecule has 3 rings (SSSR count). The predicted octanol–water partition coefficient (Wildman–Crippen LogP) is 14.2. The van der Waals surface area contributed by atoms with Gasteiger partial charge in [-0.05, 0) is 124 Å². The SMILES string of the molecule is CCCCCC1=C(c2cc(CCCC)cc(CCCC)c2)[N+](=[N-])C(c2cc(CCCCC)cc(CCCCC)c2)=C1CCCCC. The van der Waals surface area contributed by atoms with Gasteiger partial charge in [-0.15, -0.1) is 0 Å². The number of hydrogen-bond donors (Lipinski definition) is 0. The maximum absolute atomic E-state index is 12.5. The molecular weight excluding hydrogens is 556 g/mol. The first-order valence-corrected chi connectivity index (χ1v) is 19.7. The van der Waals surface area contributed by atoms with Gasteiger partial charge < -0.3 is 5.53 Å². The average molecular weight is 625 g/mol. The van der Waals surface area contributed by atoms with Crippen LogP contribution >= 0.6 is 0 Å². The Bertz CT molecular complexity index is 1220. The molecule has 0 fully saturated rings. The highest BCUT2D eigenvalue weighted by Gasteiger charge is 2.35. The minimum Gasteiger partial charge on any atom is -0.493 e. The molecule has 2 aromatic rings. The molecule has 0 N–H and O–H groups in total. The zero-order valence-electron chi connectivity index (χ0n) is 30.9. The standard InChI is InChI=1S/C44H68N2/c1-7-13-19-25-37-30-38(26-20-14-8-2)34-40(33-37)44-42(28-22-16-10-4)41(27-21-15-9-3)43(46(44)45)39-31-35(23-17-11-5)29-36(32-39)24-18-12-6/h29-34H,7-28H2,1-6H3. The lowest BCUT2D eigenvalue weighted by molar-refractivity contribution is -0.345. The Labute approximate surface area is 284 Å². The molecule has 2 nitrogen and oxygen atoms in total. The van der Waals surface area contributed by atoms with Crippen LogP contribution in [0.5, 0.6) is 0 Å². The van der Waals surface area contributed by atoms with Gasteiger partial charge in [0.15, 0.2) is 0 Å². The van der Waals surface area contributed by atoms with Crippen molar-refractivity contribution in [3.05, 3.63) is 86.5 Å². The highest BCUT2D eigenvalue weighted by atomic mass is 15.2. The Balaban J connectivity index is 2.21. The third-order valence-corrected chi connectivity index (χ3v) is 9.85. The Morgan fingerprint density at radius 2 is 0.652 bits per heavy atom. The second-order valence-electron chi connectivity index (χ2n) is 14.1. The molecule has 0 saturated carbocycles. The maximum Gasteiger partial charge on any atom is 0.211 e. The number of allylic oxidation sites excluding steroid dienone is 2. The quantitative estimate of drug-likeness (QED) is 0.0820. The van der Waals surface area contributed by atoms with Gasteiger partial charge in [0, 0.05) is 22.3 Å².